The highest BCUT2D eigenvalue weighted by Crippen LogP contribution is 2.57. The first-order chi connectivity index (χ1) is 63.0. The van der Waals surface area contributed by atoms with Crippen LogP contribution in [0.3, 0.4) is 0 Å². The Morgan fingerprint density at radius 2 is 0.828 bits per heavy atom. The van der Waals surface area contributed by atoms with Gasteiger partial charge in [0.15, 0.2) is 19.1 Å². The molecule has 2 aliphatic heterocycles. The van der Waals surface area contributed by atoms with Gasteiger partial charge in [-0.25, -0.2) is 4.31 Å². The lowest BCUT2D eigenvalue weighted by molar-refractivity contribution is -0.355. The van der Waals surface area contributed by atoms with Crippen molar-refractivity contribution in [3.05, 3.63) is 128 Å². The van der Waals surface area contributed by atoms with E-state index in [1.165, 1.54) is 63.2 Å². The molecule has 0 bridgehead atoms. The number of phosphoric ester groups is 2. The third-order valence-electron chi connectivity index (χ3n) is 22.6. The van der Waals surface area contributed by atoms with E-state index in [0.717, 1.165) is 156 Å². The Labute approximate surface area is 793 Å². The van der Waals surface area contributed by atoms with E-state index in [1.807, 2.05) is 6.92 Å². The highest BCUT2D eigenvalue weighted by Gasteiger charge is 2.54. The molecule has 2 fully saturated rings. The van der Waals surface area contributed by atoms with Crippen LogP contribution in [0.25, 0.3) is 0 Å². The van der Waals surface area contributed by atoms with E-state index in [9.17, 15) is 92.4 Å². The van der Waals surface area contributed by atoms with Crippen molar-refractivity contribution >= 4 is 74.8 Å². The van der Waals surface area contributed by atoms with E-state index in [0.29, 0.717) is 24.8 Å². The SMILES string of the molecule is CC(=O)N[C@H]1[C@H](O[C@H]2[C@H](O[C@H](C)C(=O)N[C@@H](C)C(=O)N[C@H](CCC(=O)N[C@@H](CCCCNC(=O)C[NH3+])C(=O)N[C@H](C)C(=O)N[C@H](C)C(=O)[O-])C(N)=O)[C@@H](NC(C)=O)[C@@H](OP(=O)([O-])OP(=O)([O-])OC/C=C(/C)CC/C=C(/C)CC/C=C(/C)CC/C=C(/C)CC/C=C(/C)CC/C=C(/C)CC/C=C(/C)CC/C=C(/C)CC/C=C(\C)CC/C=C(\C)CCC=C(C)C)O[C@@H]2CO)O[C@H](CO)[C@@H](O)[C@@H]1O. The minimum Gasteiger partial charge on any atom is -0.756 e. The smallest absolute Gasteiger partial charge is 0.276 e. The van der Waals surface area contributed by atoms with Gasteiger partial charge in [-0.2, -0.15) is 0 Å². The summed E-state index contributed by atoms with van der Waals surface area (Å²) in [5, 5.41) is 73.3. The summed E-state index contributed by atoms with van der Waals surface area (Å²) in [4.78, 5) is 156. The number of phosphoric acid groups is 2. The molecule has 0 aromatic heterocycles. The van der Waals surface area contributed by atoms with Gasteiger partial charge in [0.1, 0.15) is 79.0 Å². The van der Waals surface area contributed by atoms with Gasteiger partial charge in [0.2, 0.25) is 47.3 Å². The van der Waals surface area contributed by atoms with Gasteiger partial charge < -0.3 is 118 Å². The highest BCUT2D eigenvalue weighted by molar-refractivity contribution is 7.59. The van der Waals surface area contributed by atoms with E-state index in [1.54, 1.807) is 6.92 Å². The van der Waals surface area contributed by atoms with E-state index >= 15 is 0 Å². The number of primary amides is 1. The Kier molecular flexibility index (Phi) is 59.6. The molecule has 2 rings (SSSR count). The molecule has 36 nitrogen and oxygen atoms in total. The van der Waals surface area contributed by atoms with Gasteiger partial charge in [-0.05, 0) is 265 Å². The second kappa shape index (κ2) is 65.5. The quantitative estimate of drug-likeness (QED) is 0.0159. The summed E-state index contributed by atoms with van der Waals surface area (Å²) < 4.78 is 65.5. The van der Waals surface area contributed by atoms with Crippen LogP contribution < -0.4 is 68.9 Å². The molecule has 760 valence electrons. The number of carbonyl (C=O) groups is 10. The van der Waals surface area contributed by atoms with E-state index in [-0.39, 0.29) is 31.8 Å². The monoisotopic (exact) mass is 1930 g/mol. The van der Waals surface area contributed by atoms with Gasteiger partial charge >= 0.3 is 0 Å². The van der Waals surface area contributed by atoms with Crippen molar-refractivity contribution in [3.8, 4) is 0 Å². The second-order valence-corrected chi connectivity index (χ2v) is 38.4. The molecule has 17 N–H and O–H groups in total. The van der Waals surface area contributed by atoms with Gasteiger partial charge in [-0.15, -0.1) is 0 Å². The predicted molar refractivity (Wildman–Crippen MR) is 505 cm³/mol. The predicted octanol–water partition coefficient (Wildman–Crippen LogP) is 7.56. The van der Waals surface area contributed by atoms with Crippen LogP contribution in [0, 0.1) is 0 Å². The van der Waals surface area contributed by atoms with Gasteiger partial charge in [0.25, 0.3) is 21.6 Å². The lowest BCUT2D eigenvalue weighted by Crippen LogP contribution is -2.70. The maximum atomic E-state index is 14.2. The van der Waals surface area contributed by atoms with E-state index < -0.39 is 199 Å². The first kappa shape index (κ1) is 122. The minimum atomic E-state index is -6.27. The fourth-order valence-corrected chi connectivity index (χ4v) is 16.4. The Hall–Kier alpha value is -8.26. The largest absolute Gasteiger partial charge is 0.756 e. The van der Waals surface area contributed by atoms with Crippen LogP contribution in [0.2, 0.25) is 0 Å². The maximum Gasteiger partial charge on any atom is 0.276 e. The molecule has 9 amide bonds. The summed E-state index contributed by atoms with van der Waals surface area (Å²) in [6.07, 6.45) is 26.3. The fraction of sp³-hybridized carbons (Fsp3) is 0.667. The molecule has 2 unspecified atom stereocenters. The first-order valence-electron chi connectivity index (χ1n) is 46.7. The van der Waals surface area contributed by atoms with Gasteiger partial charge in [-0.3, -0.25) is 56.8 Å². The summed E-state index contributed by atoms with van der Waals surface area (Å²) in [7, 11) is -12.1. The van der Waals surface area contributed by atoms with Crippen molar-refractivity contribution in [2.45, 2.75) is 383 Å². The molecule has 18 atom stereocenters. The number of hydrogen-bond acceptors (Lipinski definition) is 26. The number of aliphatic hydroxyl groups excluding tert-OH is 4. The summed E-state index contributed by atoms with van der Waals surface area (Å²) in [5.74, 6) is -9.85. The van der Waals surface area contributed by atoms with Crippen molar-refractivity contribution in [1.82, 2.24) is 42.5 Å². The molecule has 0 radical (unpaired) electrons. The number of nitrogens with two attached hydrogens (primary N) is 1. The summed E-state index contributed by atoms with van der Waals surface area (Å²) in [6, 6.07) is -11.1. The summed E-state index contributed by atoms with van der Waals surface area (Å²) in [6.45, 7) is 29.7. The van der Waals surface area contributed by atoms with Crippen molar-refractivity contribution in [3.63, 3.8) is 0 Å². The zero-order valence-electron chi connectivity index (χ0n) is 82.3. The van der Waals surface area contributed by atoms with Crippen molar-refractivity contribution in [1.29, 1.82) is 0 Å². The number of unbranched alkanes of at least 4 members (excludes halogenated alkanes) is 1. The highest BCUT2D eigenvalue weighted by atomic mass is 31.3. The zero-order valence-corrected chi connectivity index (χ0v) is 84.0. The number of rotatable bonds is 65. The Morgan fingerprint density at radius 3 is 1.22 bits per heavy atom. The van der Waals surface area contributed by atoms with Crippen molar-refractivity contribution in [2.24, 2.45) is 5.73 Å². The molecular formula is C96H158N10O26P2-2. The second-order valence-electron chi connectivity index (χ2n) is 35.5. The fourth-order valence-electron chi connectivity index (χ4n) is 14.3. The molecule has 0 aliphatic carbocycles. The van der Waals surface area contributed by atoms with Gasteiger partial charge in [-0.1, -0.05) is 128 Å². The van der Waals surface area contributed by atoms with Crippen molar-refractivity contribution in [2.75, 3.05) is 32.9 Å². The number of quaternary nitrogens is 1. The number of carboxylic acid groups (broad SMARTS) is 1. The number of hydrogen-bond donors (Lipinski definition) is 14. The van der Waals surface area contributed by atoms with Gasteiger partial charge in [0.05, 0.1) is 31.8 Å². The van der Waals surface area contributed by atoms with Crippen LogP contribution in [0.1, 0.15) is 285 Å². The summed E-state index contributed by atoms with van der Waals surface area (Å²) in [5.41, 5.74) is 23.8. The molecule has 2 saturated heterocycles. The number of aliphatic hydroxyl groups is 4. The number of ether oxygens (including phenoxy) is 4. The molecule has 134 heavy (non-hydrogen) atoms. The Morgan fingerprint density at radius 1 is 0.440 bits per heavy atom. The maximum absolute atomic E-state index is 14.2. The number of allylic oxidation sites excluding steroid dienone is 21. The average molecular weight is 1930 g/mol. The van der Waals surface area contributed by atoms with Crippen LogP contribution in [-0.2, 0) is 89.4 Å². The lowest BCUT2D eigenvalue weighted by Gasteiger charge is -2.50. The Bertz CT molecular complexity index is 4230. The molecule has 0 saturated carbocycles. The molecule has 2 aliphatic rings. The Balaban J connectivity index is 2.11. The number of amides is 9. The lowest BCUT2D eigenvalue weighted by atomic mass is 9.94. The number of carboxylic acids is 1. The van der Waals surface area contributed by atoms with Crippen LogP contribution in [0.5, 0.6) is 0 Å². The molecule has 2 heterocycles. The molecule has 0 spiro atoms. The standard InChI is InChI=1S/C96H160N10O26P2/c1-60(2)31-21-32-61(3)33-22-34-62(4)35-23-36-63(5)37-24-38-64(6)39-25-40-65(7)41-26-42-66(8)43-27-44-67(9)45-28-46-68(10)47-29-48-69(11)49-30-50-70(12)54-56-126-133(122,123)132-134(124,125)131-96-84(104-76(18)110)88(87(80(59-108)129-96)130-95-83(103-75(17)109)86(114)85(113)79(58-107)128-95)127-74(16)92(118)100-72(14)91(117)106-77(89(98)115)52-53-81(111)105-78(51-19-20-55-99-82(112)57-97)93(119)101-71(13)90(116)102-73(15)94(120)121/h31,33,35,37,39,41,43,45,47,49,54,71-74,77-80,83-88,95-96,107-108,113-114H,19-30,32,34,36,38,40,42,44,46,48,50-53,55-59,97H2,1-18H3,(H2,98,115)(H,99,112)(H,100,118)(H,101,119)(H,102,116)(H,103,109)(H,104,110)(H,105,111)(H,106,117)(H,120,121)(H,122,123)(H,124,125)/p-2/b61-33+,62-35+,63-37-,64-39-,65-41-,66-43-,67-45-,68-47-,69-49-,70-54-/t71-,72+,73-,74-,77-,78+,79-,80-,83-,84-,85-,86-,87-,88-,95+,96-/m1/s1. The molecular weight excluding hydrogens is 1770 g/mol. The summed E-state index contributed by atoms with van der Waals surface area (Å²) >= 11 is 0. The normalized spacial score (nSPS) is 22.1. The van der Waals surface area contributed by atoms with Crippen molar-refractivity contribution < 1.29 is 130 Å². The number of nitrogens with one attached hydrogen (secondary N) is 8. The van der Waals surface area contributed by atoms with E-state index in [2.05, 4.69) is 183 Å². The van der Waals surface area contributed by atoms with Crippen LogP contribution in [0.15, 0.2) is 128 Å². The first-order valence-corrected chi connectivity index (χ1v) is 49.6. The van der Waals surface area contributed by atoms with Crippen LogP contribution >= 0.6 is 15.6 Å². The number of aliphatic carboxylic acids is 1. The molecule has 0 aromatic rings. The minimum absolute atomic E-state index is 0.0353. The average Bonchev–Trinajstić information content (AvgIpc) is 0.764. The zero-order chi connectivity index (χ0) is 101. The van der Waals surface area contributed by atoms with Crippen LogP contribution in [0.4, 0.5) is 0 Å². The topological polar surface area (TPSA) is 569 Å². The molecule has 0 aromatic carbocycles. The van der Waals surface area contributed by atoms with Gasteiger partial charge in [0, 0.05) is 26.8 Å². The van der Waals surface area contributed by atoms with E-state index in [4.69, 9.17) is 33.7 Å². The molecule has 38 heteroatoms. The third-order valence-corrected chi connectivity index (χ3v) is 25.1. The number of carbonyl (C=O) groups excluding carboxylic acids is 10. The third kappa shape index (κ3) is 52.3. The van der Waals surface area contributed by atoms with Crippen LogP contribution in [-0.4, -0.2) is 210 Å².